The van der Waals surface area contributed by atoms with Crippen LogP contribution in [0.25, 0.3) is 0 Å². The number of pyridine rings is 1. The first-order chi connectivity index (χ1) is 8.68. The molecule has 1 heterocycles. The number of aromatic nitrogens is 1. The Morgan fingerprint density at radius 1 is 1.22 bits per heavy atom. The minimum atomic E-state index is -1.13. The van der Waals surface area contributed by atoms with Crippen LogP contribution in [0.2, 0.25) is 0 Å². The number of hydrogen-bond donors (Lipinski definition) is 1. The minimum absolute atomic E-state index is 0.275. The van der Waals surface area contributed by atoms with Gasteiger partial charge in [0.2, 0.25) is 5.91 Å². The molecule has 2 atom stereocenters. The number of aliphatic carboxylic acids is 1. The fourth-order valence-corrected chi connectivity index (χ4v) is 2.38. The summed E-state index contributed by atoms with van der Waals surface area (Å²) in [5, 5.41) is 13.7. The van der Waals surface area contributed by atoms with Crippen molar-refractivity contribution in [2.75, 3.05) is 5.32 Å². The van der Waals surface area contributed by atoms with E-state index in [0.717, 1.165) is 12.8 Å². The highest BCUT2D eigenvalue weighted by atomic mass is 16.4. The predicted octanol–water partition coefficient (Wildman–Crippen LogP) is 0.576. The molecule has 0 saturated heterocycles. The summed E-state index contributed by atoms with van der Waals surface area (Å²) in [5.41, 5.74) is 0. The highest BCUT2D eigenvalue weighted by Gasteiger charge is 2.31. The van der Waals surface area contributed by atoms with E-state index < -0.39 is 17.8 Å². The summed E-state index contributed by atoms with van der Waals surface area (Å²) in [6, 6.07) is 5.19. The summed E-state index contributed by atoms with van der Waals surface area (Å²) in [6.07, 6.45) is 4.41. The van der Waals surface area contributed by atoms with Crippen molar-refractivity contribution in [3.63, 3.8) is 0 Å². The van der Waals surface area contributed by atoms with Crippen LogP contribution in [-0.4, -0.2) is 16.9 Å². The molecule has 0 radical (unpaired) electrons. The molecule has 1 aliphatic rings. The molecule has 0 aliphatic heterocycles. The van der Waals surface area contributed by atoms with E-state index >= 15 is 0 Å². The van der Waals surface area contributed by atoms with Gasteiger partial charge in [0, 0.05) is 24.0 Å². The molecule has 1 aromatic rings. The van der Waals surface area contributed by atoms with Crippen molar-refractivity contribution in [2.45, 2.75) is 25.7 Å². The van der Waals surface area contributed by atoms with Crippen LogP contribution in [0, 0.1) is 11.8 Å². The number of carboxylic acid groups (broad SMARTS) is 1. The van der Waals surface area contributed by atoms with E-state index in [1.54, 1.807) is 24.4 Å². The van der Waals surface area contributed by atoms with Crippen molar-refractivity contribution in [3.05, 3.63) is 24.4 Å². The van der Waals surface area contributed by atoms with E-state index in [1.807, 2.05) is 0 Å². The third-order valence-electron chi connectivity index (χ3n) is 3.32. The molecule has 1 aliphatic carbocycles. The third-order valence-corrected chi connectivity index (χ3v) is 3.32. The third kappa shape index (κ3) is 2.85. The average Bonchev–Trinajstić information content (AvgIpc) is 2.40. The fraction of sp³-hybridized carbons (Fsp3) is 0.462. The van der Waals surface area contributed by atoms with Gasteiger partial charge in [0.25, 0.3) is 0 Å². The quantitative estimate of drug-likeness (QED) is 0.846. The number of anilines is 1. The van der Waals surface area contributed by atoms with Gasteiger partial charge in [-0.3, -0.25) is 4.79 Å². The lowest BCUT2D eigenvalue weighted by atomic mass is 9.79. The Labute approximate surface area is 105 Å². The first kappa shape index (κ1) is 12.5. The Morgan fingerprint density at radius 2 is 1.94 bits per heavy atom. The SMILES string of the molecule is O=C([O-])[C@H]1CCCC[C@H]1C(=O)Nc1ccccn1. The fourth-order valence-electron chi connectivity index (χ4n) is 2.38. The molecule has 0 unspecified atom stereocenters. The molecule has 1 amide bonds. The zero-order valence-corrected chi connectivity index (χ0v) is 9.96. The number of hydrogen-bond acceptors (Lipinski definition) is 4. The van der Waals surface area contributed by atoms with Crippen molar-refractivity contribution in [1.82, 2.24) is 4.98 Å². The number of carboxylic acids is 1. The predicted molar refractivity (Wildman–Crippen MR) is 63.3 cm³/mol. The van der Waals surface area contributed by atoms with E-state index in [9.17, 15) is 14.7 Å². The second-order valence-electron chi connectivity index (χ2n) is 4.52. The maximum atomic E-state index is 12.0. The number of rotatable bonds is 3. The summed E-state index contributed by atoms with van der Waals surface area (Å²) >= 11 is 0. The molecule has 1 fully saturated rings. The van der Waals surface area contributed by atoms with Crippen molar-refractivity contribution in [3.8, 4) is 0 Å². The molecular weight excluding hydrogens is 232 g/mol. The zero-order valence-electron chi connectivity index (χ0n) is 9.96. The number of nitrogens with one attached hydrogen (secondary N) is 1. The van der Waals surface area contributed by atoms with Gasteiger partial charge in [-0.25, -0.2) is 4.98 Å². The van der Waals surface area contributed by atoms with Gasteiger partial charge >= 0.3 is 0 Å². The van der Waals surface area contributed by atoms with E-state index in [-0.39, 0.29) is 5.91 Å². The van der Waals surface area contributed by atoms with Gasteiger partial charge < -0.3 is 15.2 Å². The summed E-state index contributed by atoms with van der Waals surface area (Å²) in [4.78, 5) is 27.0. The molecule has 1 saturated carbocycles. The molecule has 5 heteroatoms. The number of amides is 1. The zero-order chi connectivity index (χ0) is 13.0. The smallest absolute Gasteiger partial charge is 0.229 e. The van der Waals surface area contributed by atoms with Gasteiger partial charge in [-0.15, -0.1) is 0 Å². The molecule has 5 nitrogen and oxygen atoms in total. The summed E-state index contributed by atoms with van der Waals surface area (Å²) < 4.78 is 0. The van der Waals surface area contributed by atoms with Gasteiger partial charge in [-0.1, -0.05) is 18.9 Å². The van der Waals surface area contributed by atoms with Gasteiger partial charge in [-0.05, 0) is 25.0 Å². The maximum absolute atomic E-state index is 12.0. The van der Waals surface area contributed by atoms with Crippen LogP contribution in [0.3, 0.4) is 0 Å². The van der Waals surface area contributed by atoms with Gasteiger partial charge in [0.1, 0.15) is 5.82 Å². The lowest BCUT2D eigenvalue weighted by Gasteiger charge is -2.30. The van der Waals surface area contributed by atoms with Crippen LogP contribution in [0.5, 0.6) is 0 Å². The molecule has 1 aromatic heterocycles. The van der Waals surface area contributed by atoms with Crippen molar-refractivity contribution >= 4 is 17.7 Å². The van der Waals surface area contributed by atoms with Crippen LogP contribution in [0.4, 0.5) is 5.82 Å². The monoisotopic (exact) mass is 247 g/mol. The van der Waals surface area contributed by atoms with Crippen molar-refractivity contribution < 1.29 is 14.7 Å². The molecule has 2 rings (SSSR count). The molecule has 96 valence electrons. The Morgan fingerprint density at radius 3 is 2.56 bits per heavy atom. The van der Waals surface area contributed by atoms with Crippen molar-refractivity contribution in [2.24, 2.45) is 11.8 Å². The van der Waals surface area contributed by atoms with E-state index in [1.165, 1.54) is 0 Å². The maximum Gasteiger partial charge on any atom is 0.229 e. The highest BCUT2D eigenvalue weighted by molar-refractivity contribution is 5.94. The Kier molecular flexibility index (Phi) is 3.92. The van der Waals surface area contributed by atoms with Crippen molar-refractivity contribution in [1.29, 1.82) is 0 Å². The topological polar surface area (TPSA) is 82.1 Å². The molecule has 0 bridgehead atoms. The second-order valence-corrected chi connectivity index (χ2v) is 4.52. The first-order valence-corrected chi connectivity index (χ1v) is 6.11. The normalized spacial score (nSPS) is 23.3. The average molecular weight is 247 g/mol. The van der Waals surface area contributed by atoms with E-state index in [4.69, 9.17) is 0 Å². The van der Waals surface area contributed by atoms with Crippen LogP contribution < -0.4 is 10.4 Å². The van der Waals surface area contributed by atoms with Crippen LogP contribution in [-0.2, 0) is 9.59 Å². The van der Waals surface area contributed by atoms with Gasteiger partial charge in [0.05, 0.1) is 0 Å². The second kappa shape index (κ2) is 5.62. The van der Waals surface area contributed by atoms with Gasteiger partial charge in [-0.2, -0.15) is 0 Å². The summed E-state index contributed by atoms with van der Waals surface area (Å²) in [5.74, 6) is -2.14. The molecular formula is C13H15N2O3-. The summed E-state index contributed by atoms with van der Waals surface area (Å²) in [6.45, 7) is 0. The lowest BCUT2D eigenvalue weighted by molar-refractivity contribution is -0.313. The number of carbonyl (C=O) groups excluding carboxylic acids is 2. The van der Waals surface area contributed by atoms with Crippen LogP contribution >= 0.6 is 0 Å². The van der Waals surface area contributed by atoms with Crippen LogP contribution in [0.15, 0.2) is 24.4 Å². The highest BCUT2D eigenvalue weighted by Crippen LogP contribution is 2.30. The Balaban J connectivity index is 2.05. The summed E-state index contributed by atoms with van der Waals surface area (Å²) in [7, 11) is 0. The standard InChI is InChI=1S/C13H16N2O3/c16-12(15-11-7-3-4-8-14-11)9-5-1-2-6-10(9)13(17)18/h3-4,7-10H,1-2,5-6H2,(H,17,18)(H,14,15,16)/p-1/t9-,10+/m1/s1. The number of nitrogens with zero attached hydrogens (tertiary/aromatic N) is 1. The molecule has 0 spiro atoms. The minimum Gasteiger partial charge on any atom is -0.550 e. The molecule has 0 aromatic carbocycles. The first-order valence-electron chi connectivity index (χ1n) is 6.11. The largest absolute Gasteiger partial charge is 0.550 e. The Bertz CT molecular complexity index is 433. The Hall–Kier alpha value is -1.91. The van der Waals surface area contributed by atoms with Gasteiger partial charge in [0.15, 0.2) is 0 Å². The van der Waals surface area contributed by atoms with Crippen LogP contribution in [0.1, 0.15) is 25.7 Å². The molecule has 1 N–H and O–H groups in total. The molecule has 18 heavy (non-hydrogen) atoms. The lowest BCUT2D eigenvalue weighted by Crippen LogP contribution is -2.42. The van der Waals surface area contributed by atoms with E-state index in [0.29, 0.717) is 18.7 Å². The number of carbonyl (C=O) groups is 2. The van der Waals surface area contributed by atoms with E-state index in [2.05, 4.69) is 10.3 Å².